The lowest BCUT2D eigenvalue weighted by Crippen LogP contribution is -2.35. The van der Waals surface area contributed by atoms with E-state index in [4.69, 9.17) is 18.9 Å². The van der Waals surface area contributed by atoms with Gasteiger partial charge in [0.1, 0.15) is 29.6 Å². The van der Waals surface area contributed by atoms with Crippen LogP contribution in [0, 0.1) is 5.92 Å². The molecule has 8 heteroatoms. The molecule has 0 saturated carbocycles. The molecule has 1 saturated heterocycles. The number of methoxy groups -OCH3 is 3. The fourth-order valence-electron chi connectivity index (χ4n) is 3.28. The van der Waals surface area contributed by atoms with E-state index in [0.29, 0.717) is 42.6 Å². The Kier molecular flexibility index (Phi) is 7.00. The van der Waals surface area contributed by atoms with Crippen molar-refractivity contribution < 1.29 is 28.5 Å². The summed E-state index contributed by atoms with van der Waals surface area (Å²) in [6, 6.07) is 12.5. The van der Waals surface area contributed by atoms with Crippen LogP contribution in [0.4, 0.5) is 5.69 Å². The van der Waals surface area contributed by atoms with E-state index in [1.54, 1.807) is 61.6 Å². The van der Waals surface area contributed by atoms with Gasteiger partial charge in [0.15, 0.2) is 0 Å². The van der Waals surface area contributed by atoms with Crippen LogP contribution in [0.25, 0.3) is 0 Å². The van der Waals surface area contributed by atoms with E-state index in [-0.39, 0.29) is 18.2 Å². The SMILES string of the molecule is COc1ccc(OCCNC(=O)C2CC(=O)N(c3ccc(OC)cc3OC)C2)cc1. The van der Waals surface area contributed by atoms with E-state index < -0.39 is 5.92 Å². The summed E-state index contributed by atoms with van der Waals surface area (Å²) in [4.78, 5) is 26.6. The van der Waals surface area contributed by atoms with Crippen LogP contribution in [0.15, 0.2) is 42.5 Å². The first-order chi connectivity index (χ1) is 14.5. The first-order valence-corrected chi connectivity index (χ1v) is 9.62. The lowest BCUT2D eigenvalue weighted by atomic mass is 10.1. The zero-order valence-electron chi connectivity index (χ0n) is 17.3. The highest BCUT2D eigenvalue weighted by atomic mass is 16.5. The number of benzene rings is 2. The number of carbonyl (C=O) groups is 2. The fraction of sp³-hybridized carbons (Fsp3) is 0.364. The largest absolute Gasteiger partial charge is 0.497 e. The number of hydrogen-bond donors (Lipinski definition) is 1. The van der Waals surface area contributed by atoms with E-state index >= 15 is 0 Å². The van der Waals surface area contributed by atoms with Gasteiger partial charge in [-0.15, -0.1) is 0 Å². The number of ether oxygens (including phenoxy) is 4. The molecule has 160 valence electrons. The minimum atomic E-state index is -0.426. The highest BCUT2D eigenvalue weighted by Crippen LogP contribution is 2.35. The Bertz CT molecular complexity index is 884. The van der Waals surface area contributed by atoms with Crippen LogP contribution in [-0.4, -0.2) is 52.8 Å². The number of nitrogens with one attached hydrogen (secondary N) is 1. The smallest absolute Gasteiger partial charge is 0.227 e. The maximum absolute atomic E-state index is 12.5. The molecule has 2 amide bonds. The first kappa shape index (κ1) is 21.3. The van der Waals surface area contributed by atoms with Gasteiger partial charge >= 0.3 is 0 Å². The molecule has 2 aromatic carbocycles. The lowest BCUT2D eigenvalue weighted by Gasteiger charge is -2.20. The van der Waals surface area contributed by atoms with Gasteiger partial charge in [0.2, 0.25) is 11.8 Å². The predicted octanol–water partition coefficient (Wildman–Crippen LogP) is 2.26. The second-order valence-electron chi connectivity index (χ2n) is 6.76. The molecule has 1 aliphatic heterocycles. The van der Waals surface area contributed by atoms with Crippen LogP contribution in [0.1, 0.15) is 6.42 Å². The quantitative estimate of drug-likeness (QED) is 0.634. The maximum atomic E-state index is 12.5. The van der Waals surface area contributed by atoms with E-state index in [2.05, 4.69) is 5.32 Å². The summed E-state index contributed by atoms with van der Waals surface area (Å²) in [5.41, 5.74) is 0.626. The minimum Gasteiger partial charge on any atom is -0.497 e. The average molecular weight is 414 g/mol. The number of anilines is 1. The highest BCUT2D eigenvalue weighted by Gasteiger charge is 2.36. The van der Waals surface area contributed by atoms with Crippen LogP contribution in [0.3, 0.4) is 0 Å². The molecule has 0 aliphatic carbocycles. The molecule has 0 radical (unpaired) electrons. The lowest BCUT2D eigenvalue weighted by molar-refractivity contribution is -0.126. The number of rotatable bonds is 9. The molecule has 1 heterocycles. The van der Waals surface area contributed by atoms with Gasteiger partial charge in [0.05, 0.1) is 39.5 Å². The molecule has 30 heavy (non-hydrogen) atoms. The number of hydrogen-bond acceptors (Lipinski definition) is 6. The van der Waals surface area contributed by atoms with Crippen LogP contribution < -0.4 is 29.2 Å². The molecule has 1 unspecified atom stereocenters. The zero-order chi connectivity index (χ0) is 21.5. The van der Waals surface area contributed by atoms with E-state index in [0.717, 1.165) is 5.75 Å². The van der Waals surface area contributed by atoms with Gasteiger partial charge in [-0.1, -0.05) is 0 Å². The Balaban J connectivity index is 1.51. The van der Waals surface area contributed by atoms with Gasteiger partial charge in [0.25, 0.3) is 0 Å². The summed E-state index contributed by atoms with van der Waals surface area (Å²) < 4.78 is 21.3. The average Bonchev–Trinajstić information content (AvgIpc) is 3.17. The van der Waals surface area contributed by atoms with Gasteiger partial charge in [-0.05, 0) is 36.4 Å². The van der Waals surface area contributed by atoms with Crippen LogP contribution in [0.5, 0.6) is 23.0 Å². The molecule has 2 aromatic rings. The van der Waals surface area contributed by atoms with Crippen molar-refractivity contribution in [2.24, 2.45) is 5.92 Å². The third-order valence-electron chi connectivity index (χ3n) is 4.90. The van der Waals surface area contributed by atoms with E-state index in [9.17, 15) is 9.59 Å². The molecule has 8 nitrogen and oxygen atoms in total. The standard InChI is InChI=1S/C22H26N2O6/c1-27-16-4-6-17(7-5-16)30-11-10-23-22(26)15-12-21(25)24(14-15)19-9-8-18(28-2)13-20(19)29-3/h4-9,13,15H,10-12,14H2,1-3H3,(H,23,26). The molecule has 0 bridgehead atoms. The molecule has 0 aromatic heterocycles. The normalized spacial score (nSPS) is 15.6. The fourth-order valence-corrected chi connectivity index (χ4v) is 3.28. The summed E-state index contributed by atoms with van der Waals surface area (Å²) in [5, 5.41) is 2.84. The topological polar surface area (TPSA) is 86.3 Å². The van der Waals surface area contributed by atoms with Crippen molar-refractivity contribution in [3.8, 4) is 23.0 Å². The van der Waals surface area contributed by atoms with Crippen LogP contribution >= 0.6 is 0 Å². The summed E-state index contributed by atoms with van der Waals surface area (Å²) in [6.07, 6.45) is 0.153. The molecule has 1 atom stereocenters. The molecular formula is C22H26N2O6. The van der Waals surface area contributed by atoms with Gasteiger partial charge in [-0.3, -0.25) is 9.59 Å². The number of amides is 2. The Morgan fingerprint density at radius 1 is 1.00 bits per heavy atom. The number of nitrogens with zero attached hydrogens (tertiary/aromatic N) is 1. The summed E-state index contributed by atoms with van der Waals surface area (Å²) in [5.74, 6) is 1.89. The molecule has 1 fully saturated rings. The minimum absolute atomic E-state index is 0.118. The van der Waals surface area contributed by atoms with Crippen molar-refractivity contribution >= 4 is 17.5 Å². The van der Waals surface area contributed by atoms with E-state index in [1.165, 1.54) is 7.11 Å². The van der Waals surface area contributed by atoms with Crippen LogP contribution in [-0.2, 0) is 9.59 Å². The molecule has 0 spiro atoms. The maximum Gasteiger partial charge on any atom is 0.227 e. The Morgan fingerprint density at radius 2 is 1.67 bits per heavy atom. The van der Waals surface area contributed by atoms with Crippen molar-refractivity contribution in [2.45, 2.75) is 6.42 Å². The molecule has 3 rings (SSSR count). The third-order valence-corrected chi connectivity index (χ3v) is 4.90. The van der Waals surface area contributed by atoms with Crippen molar-refractivity contribution in [1.29, 1.82) is 0 Å². The van der Waals surface area contributed by atoms with Crippen molar-refractivity contribution in [1.82, 2.24) is 5.32 Å². The Hall–Kier alpha value is -3.42. The molecule has 1 N–H and O–H groups in total. The second kappa shape index (κ2) is 9.87. The Labute approximate surface area is 175 Å². The van der Waals surface area contributed by atoms with Gasteiger partial charge < -0.3 is 29.2 Å². The predicted molar refractivity (Wildman–Crippen MR) is 112 cm³/mol. The number of carbonyl (C=O) groups excluding carboxylic acids is 2. The van der Waals surface area contributed by atoms with Gasteiger partial charge in [-0.25, -0.2) is 0 Å². The molecule has 1 aliphatic rings. The van der Waals surface area contributed by atoms with Crippen LogP contribution in [0.2, 0.25) is 0 Å². The van der Waals surface area contributed by atoms with Crippen molar-refractivity contribution in [3.05, 3.63) is 42.5 Å². The van der Waals surface area contributed by atoms with Gasteiger partial charge in [-0.2, -0.15) is 0 Å². The monoisotopic (exact) mass is 414 g/mol. The van der Waals surface area contributed by atoms with Crippen molar-refractivity contribution in [3.63, 3.8) is 0 Å². The van der Waals surface area contributed by atoms with Crippen molar-refractivity contribution in [2.75, 3.05) is 45.9 Å². The third kappa shape index (κ3) is 4.94. The Morgan fingerprint density at radius 3 is 2.33 bits per heavy atom. The summed E-state index contributed by atoms with van der Waals surface area (Å²) in [6.45, 7) is 0.975. The summed E-state index contributed by atoms with van der Waals surface area (Å²) in [7, 11) is 4.70. The molecular weight excluding hydrogens is 388 g/mol. The highest BCUT2D eigenvalue weighted by molar-refractivity contribution is 6.01. The second-order valence-corrected chi connectivity index (χ2v) is 6.76. The van der Waals surface area contributed by atoms with Gasteiger partial charge in [0, 0.05) is 19.0 Å². The zero-order valence-corrected chi connectivity index (χ0v) is 17.3. The summed E-state index contributed by atoms with van der Waals surface area (Å²) >= 11 is 0. The van der Waals surface area contributed by atoms with E-state index in [1.807, 2.05) is 0 Å². The first-order valence-electron chi connectivity index (χ1n) is 9.62.